The zero-order valence-corrected chi connectivity index (χ0v) is 12.1. The van der Waals surface area contributed by atoms with E-state index in [4.69, 9.17) is 0 Å². The Labute approximate surface area is 108 Å². The highest BCUT2D eigenvalue weighted by Gasteiger charge is 2.25. The molecule has 0 bridgehead atoms. The first-order valence-electron chi connectivity index (χ1n) is 7.89. The summed E-state index contributed by atoms with van der Waals surface area (Å²) in [5, 5.41) is 0. The summed E-state index contributed by atoms with van der Waals surface area (Å²) in [5.74, 6) is 3.12. The summed E-state index contributed by atoms with van der Waals surface area (Å²) in [6.45, 7) is 9.81. The van der Waals surface area contributed by atoms with Crippen molar-refractivity contribution in [3.8, 4) is 0 Å². The van der Waals surface area contributed by atoms with E-state index in [9.17, 15) is 0 Å². The Hall–Kier alpha value is -0.0400. The first-order valence-corrected chi connectivity index (χ1v) is 7.89. The Kier molecular flexibility index (Phi) is 4.90. The molecule has 0 amide bonds. The maximum atomic E-state index is 2.65. The SMILES string of the molecule is CC1CCC(CC2CCN(C(C)C)CC2)CC1. The third kappa shape index (κ3) is 3.98. The predicted molar refractivity (Wildman–Crippen MR) is 75.2 cm³/mol. The van der Waals surface area contributed by atoms with Gasteiger partial charge in [-0.3, -0.25) is 0 Å². The van der Waals surface area contributed by atoms with Gasteiger partial charge in [0.15, 0.2) is 0 Å². The Balaban J connectivity index is 1.67. The largest absolute Gasteiger partial charge is 0.301 e. The van der Waals surface area contributed by atoms with E-state index in [1.807, 2.05) is 0 Å². The molecule has 1 saturated heterocycles. The lowest BCUT2D eigenvalue weighted by molar-refractivity contribution is 0.128. The van der Waals surface area contributed by atoms with Crippen molar-refractivity contribution in [1.82, 2.24) is 4.90 Å². The Morgan fingerprint density at radius 2 is 1.41 bits per heavy atom. The summed E-state index contributed by atoms with van der Waals surface area (Å²) < 4.78 is 0. The van der Waals surface area contributed by atoms with Crippen LogP contribution < -0.4 is 0 Å². The van der Waals surface area contributed by atoms with Crippen LogP contribution in [0.3, 0.4) is 0 Å². The van der Waals surface area contributed by atoms with Crippen LogP contribution in [0, 0.1) is 17.8 Å². The van der Waals surface area contributed by atoms with E-state index in [1.165, 1.54) is 51.6 Å². The number of likely N-dealkylation sites (tertiary alicyclic amines) is 1. The van der Waals surface area contributed by atoms with Crippen molar-refractivity contribution in [1.29, 1.82) is 0 Å². The molecule has 1 saturated carbocycles. The fourth-order valence-electron chi connectivity index (χ4n) is 3.74. The third-order valence-corrected chi connectivity index (χ3v) is 5.18. The molecule has 0 unspecified atom stereocenters. The molecule has 2 rings (SSSR count). The predicted octanol–water partition coefficient (Wildman–Crippen LogP) is 4.32. The Bertz CT molecular complexity index is 208. The highest BCUT2D eigenvalue weighted by molar-refractivity contribution is 4.78. The van der Waals surface area contributed by atoms with Gasteiger partial charge in [0.25, 0.3) is 0 Å². The van der Waals surface area contributed by atoms with Gasteiger partial charge in [-0.1, -0.05) is 32.6 Å². The minimum absolute atomic E-state index is 0.756. The first kappa shape index (κ1) is 13.4. The van der Waals surface area contributed by atoms with Gasteiger partial charge < -0.3 is 4.90 Å². The van der Waals surface area contributed by atoms with Crippen molar-refractivity contribution in [2.75, 3.05) is 13.1 Å². The minimum Gasteiger partial charge on any atom is -0.301 e. The zero-order chi connectivity index (χ0) is 12.3. The average molecular weight is 237 g/mol. The topological polar surface area (TPSA) is 3.24 Å². The van der Waals surface area contributed by atoms with E-state index in [1.54, 1.807) is 6.42 Å². The Morgan fingerprint density at radius 1 is 0.882 bits per heavy atom. The maximum absolute atomic E-state index is 2.65. The van der Waals surface area contributed by atoms with E-state index in [0.29, 0.717) is 0 Å². The second-order valence-corrected chi connectivity index (χ2v) is 6.93. The second-order valence-electron chi connectivity index (χ2n) is 6.93. The number of hydrogen-bond acceptors (Lipinski definition) is 1. The molecule has 0 aromatic heterocycles. The molecule has 0 aromatic carbocycles. The van der Waals surface area contributed by atoms with Crippen molar-refractivity contribution < 1.29 is 0 Å². The van der Waals surface area contributed by atoms with Gasteiger partial charge in [0.2, 0.25) is 0 Å². The maximum Gasteiger partial charge on any atom is 0.00385 e. The molecule has 2 fully saturated rings. The fourth-order valence-corrected chi connectivity index (χ4v) is 3.74. The minimum atomic E-state index is 0.756. The van der Waals surface area contributed by atoms with Crippen LogP contribution in [0.15, 0.2) is 0 Å². The van der Waals surface area contributed by atoms with Crippen LogP contribution in [0.1, 0.15) is 65.7 Å². The molecule has 1 aliphatic heterocycles. The van der Waals surface area contributed by atoms with E-state index in [0.717, 1.165) is 23.8 Å². The van der Waals surface area contributed by atoms with Gasteiger partial charge in [-0.05, 0) is 64.0 Å². The number of nitrogens with zero attached hydrogens (tertiary/aromatic N) is 1. The summed E-state index contributed by atoms with van der Waals surface area (Å²) in [6, 6.07) is 0.756. The monoisotopic (exact) mass is 237 g/mol. The van der Waals surface area contributed by atoms with Crippen LogP contribution in [-0.4, -0.2) is 24.0 Å². The quantitative estimate of drug-likeness (QED) is 0.706. The van der Waals surface area contributed by atoms with E-state index >= 15 is 0 Å². The molecule has 1 heteroatoms. The van der Waals surface area contributed by atoms with Crippen LogP contribution in [0.25, 0.3) is 0 Å². The van der Waals surface area contributed by atoms with E-state index in [-0.39, 0.29) is 0 Å². The lowest BCUT2D eigenvalue weighted by Gasteiger charge is -2.37. The molecule has 0 aromatic rings. The molecule has 1 heterocycles. The molecule has 1 aliphatic carbocycles. The van der Waals surface area contributed by atoms with Crippen molar-refractivity contribution in [2.45, 2.75) is 71.8 Å². The smallest absolute Gasteiger partial charge is 0.00385 e. The van der Waals surface area contributed by atoms with Gasteiger partial charge in [0, 0.05) is 6.04 Å². The van der Waals surface area contributed by atoms with Crippen molar-refractivity contribution in [3.63, 3.8) is 0 Å². The fraction of sp³-hybridized carbons (Fsp3) is 1.00. The van der Waals surface area contributed by atoms with Gasteiger partial charge in [-0.25, -0.2) is 0 Å². The molecule has 1 nitrogen and oxygen atoms in total. The summed E-state index contributed by atoms with van der Waals surface area (Å²) in [4.78, 5) is 2.65. The van der Waals surface area contributed by atoms with Crippen LogP contribution >= 0.6 is 0 Å². The summed E-state index contributed by atoms with van der Waals surface area (Å²) in [5.41, 5.74) is 0. The molecule has 17 heavy (non-hydrogen) atoms. The van der Waals surface area contributed by atoms with E-state index < -0.39 is 0 Å². The van der Waals surface area contributed by atoms with Gasteiger partial charge in [-0.2, -0.15) is 0 Å². The van der Waals surface area contributed by atoms with Crippen LogP contribution in [0.5, 0.6) is 0 Å². The van der Waals surface area contributed by atoms with E-state index in [2.05, 4.69) is 25.7 Å². The number of rotatable bonds is 3. The zero-order valence-electron chi connectivity index (χ0n) is 12.1. The average Bonchev–Trinajstić information content (AvgIpc) is 2.33. The lowest BCUT2D eigenvalue weighted by atomic mass is 9.77. The second kappa shape index (κ2) is 6.22. The summed E-state index contributed by atoms with van der Waals surface area (Å²) >= 11 is 0. The van der Waals surface area contributed by atoms with Crippen molar-refractivity contribution >= 4 is 0 Å². The molecule has 0 spiro atoms. The first-order chi connectivity index (χ1) is 8.15. The molecule has 100 valence electrons. The third-order valence-electron chi connectivity index (χ3n) is 5.18. The van der Waals surface area contributed by atoms with Crippen LogP contribution in [0.4, 0.5) is 0 Å². The number of piperidine rings is 1. The molecule has 0 atom stereocenters. The molecular weight excluding hydrogens is 206 g/mol. The van der Waals surface area contributed by atoms with Gasteiger partial charge >= 0.3 is 0 Å². The van der Waals surface area contributed by atoms with Gasteiger partial charge in [0.05, 0.1) is 0 Å². The highest BCUT2D eigenvalue weighted by atomic mass is 15.1. The standard InChI is InChI=1S/C16H31N/c1-13(2)17-10-8-16(9-11-17)12-15-6-4-14(3)5-7-15/h13-16H,4-12H2,1-3H3. The molecule has 0 radical (unpaired) electrons. The van der Waals surface area contributed by atoms with Gasteiger partial charge in [-0.15, -0.1) is 0 Å². The molecular formula is C16H31N. The Morgan fingerprint density at radius 3 is 1.94 bits per heavy atom. The lowest BCUT2D eigenvalue weighted by Crippen LogP contribution is -2.38. The van der Waals surface area contributed by atoms with Crippen molar-refractivity contribution in [2.24, 2.45) is 17.8 Å². The molecule has 0 N–H and O–H groups in total. The van der Waals surface area contributed by atoms with Crippen molar-refractivity contribution in [3.05, 3.63) is 0 Å². The number of hydrogen-bond donors (Lipinski definition) is 0. The summed E-state index contributed by atoms with van der Waals surface area (Å²) in [6.07, 6.45) is 10.5. The van der Waals surface area contributed by atoms with Gasteiger partial charge in [0.1, 0.15) is 0 Å². The normalized spacial score (nSPS) is 33.2. The van der Waals surface area contributed by atoms with Crippen LogP contribution in [-0.2, 0) is 0 Å². The van der Waals surface area contributed by atoms with Crippen LogP contribution in [0.2, 0.25) is 0 Å². The highest BCUT2D eigenvalue weighted by Crippen LogP contribution is 2.35. The summed E-state index contributed by atoms with van der Waals surface area (Å²) in [7, 11) is 0. The molecule has 2 aliphatic rings.